The highest BCUT2D eigenvalue weighted by atomic mass is 79.9. The average molecular weight is 320 g/mol. The van der Waals surface area contributed by atoms with Crippen molar-refractivity contribution in [3.8, 4) is 0 Å². The molecular formula is C12H16BrClN2O. The van der Waals surface area contributed by atoms with Crippen molar-refractivity contribution in [3.63, 3.8) is 0 Å². The van der Waals surface area contributed by atoms with E-state index in [2.05, 4.69) is 26.6 Å². The third-order valence-corrected chi connectivity index (χ3v) is 3.08. The fraction of sp³-hybridized carbons (Fsp3) is 0.417. The number of carbonyl (C=O) groups is 1. The first-order chi connectivity index (χ1) is 8.13. The van der Waals surface area contributed by atoms with Crippen LogP contribution in [0.4, 0.5) is 0 Å². The van der Waals surface area contributed by atoms with E-state index in [-0.39, 0.29) is 5.91 Å². The standard InChI is InChI=1S/C12H16BrClN2O/c1-2-16-12(17)5-6-15-8-9-3-4-10(13)7-11(9)14/h3-4,7,15H,2,5-6,8H2,1H3,(H,16,17). The maximum Gasteiger partial charge on any atom is 0.221 e. The molecule has 1 rings (SSSR count). The fourth-order valence-corrected chi connectivity index (χ4v) is 2.12. The molecule has 3 nitrogen and oxygen atoms in total. The molecular weight excluding hydrogens is 304 g/mol. The minimum atomic E-state index is 0.0712. The van der Waals surface area contributed by atoms with Crippen LogP contribution in [0.15, 0.2) is 22.7 Å². The quantitative estimate of drug-likeness (QED) is 0.792. The number of hydrogen-bond acceptors (Lipinski definition) is 2. The normalized spacial score (nSPS) is 10.3. The van der Waals surface area contributed by atoms with Crippen LogP contribution in [-0.4, -0.2) is 19.0 Å². The second kappa shape index (κ2) is 7.69. The van der Waals surface area contributed by atoms with E-state index in [1.165, 1.54) is 0 Å². The molecule has 94 valence electrons. The maximum atomic E-state index is 11.2. The second-order valence-electron chi connectivity index (χ2n) is 3.62. The van der Waals surface area contributed by atoms with Crippen LogP contribution >= 0.6 is 27.5 Å². The van der Waals surface area contributed by atoms with Crippen molar-refractivity contribution in [2.75, 3.05) is 13.1 Å². The summed E-state index contributed by atoms with van der Waals surface area (Å²) in [7, 11) is 0. The smallest absolute Gasteiger partial charge is 0.221 e. The summed E-state index contributed by atoms with van der Waals surface area (Å²) in [4.78, 5) is 11.2. The van der Waals surface area contributed by atoms with Crippen LogP contribution < -0.4 is 10.6 Å². The molecule has 1 aromatic carbocycles. The van der Waals surface area contributed by atoms with E-state index in [0.717, 1.165) is 15.1 Å². The zero-order valence-electron chi connectivity index (χ0n) is 9.72. The second-order valence-corrected chi connectivity index (χ2v) is 4.94. The van der Waals surface area contributed by atoms with Crippen LogP contribution in [0.1, 0.15) is 18.9 Å². The molecule has 0 aromatic heterocycles. The molecule has 2 N–H and O–H groups in total. The molecule has 1 amide bonds. The van der Waals surface area contributed by atoms with Gasteiger partial charge in [0.15, 0.2) is 0 Å². The molecule has 1 aromatic rings. The van der Waals surface area contributed by atoms with E-state index in [1.54, 1.807) is 0 Å². The Kier molecular flexibility index (Phi) is 6.55. The van der Waals surface area contributed by atoms with Gasteiger partial charge in [-0.3, -0.25) is 4.79 Å². The third-order valence-electron chi connectivity index (χ3n) is 2.23. The number of hydrogen-bond donors (Lipinski definition) is 2. The average Bonchev–Trinajstić information content (AvgIpc) is 2.27. The SMILES string of the molecule is CCNC(=O)CCNCc1ccc(Br)cc1Cl. The van der Waals surface area contributed by atoms with Crippen LogP contribution in [0, 0.1) is 0 Å². The minimum absolute atomic E-state index is 0.0712. The van der Waals surface area contributed by atoms with Gasteiger partial charge in [0, 0.05) is 35.6 Å². The van der Waals surface area contributed by atoms with E-state index >= 15 is 0 Å². The maximum absolute atomic E-state index is 11.2. The van der Waals surface area contributed by atoms with Crippen molar-refractivity contribution in [2.24, 2.45) is 0 Å². The minimum Gasteiger partial charge on any atom is -0.356 e. The Bertz CT molecular complexity index is 385. The monoisotopic (exact) mass is 318 g/mol. The number of benzene rings is 1. The van der Waals surface area contributed by atoms with Gasteiger partial charge < -0.3 is 10.6 Å². The molecule has 0 atom stereocenters. The molecule has 0 saturated heterocycles. The van der Waals surface area contributed by atoms with Crippen LogP contribution in [-0.2, 0) is 11.3 Å². The summed E-state index contributed by atoms with van der Waals surface area (Å²) in [6, 6.07) is 5.78. The van der Waals surface area contributed by atoms with Gasteiger partial charge in [-0.2, -0.15) is 0 Å². The van der Waals surface area contributed by atoms with Gasteiger partial charge in [-0.1, -0.05) is 33.6 Å². The predicted octanol–water partition coefficient (Wildman–Crippen LogP) is 2.72. The molecule has 0 aliphatic carbocycles. The van der Waals surface area contributed by atoms with Gasteiger partial charge in [-0.25, -0.2) is 0 Å². The summed E-state index contributed by atoms with van der Waals surface area (Å²) in [6.07, 6.45) is 0.488. The molecule has 0 aliphatic rings. The van der Waals surface area contributed by atoms with E-state index in [0.29, 0.717) is 26.1 Å². The van der Waals surface area contributed by atoms with Gasteiger partial charge >= 0.3 is 0 Å². The summed E-state index contributed by atoms with van der Waals surface area (Å²) in [5.74, 6) is 0.0712. The van der Waals surface area contributed by atoms with E-state index in [4.69, 9.17) is 11.6 Å². The largest absolute Gasteiger partial charge is 0.356 e. The van der Waals surface area contributed by atoms with Crippen LogP contribution in [0.25, 0.3) is 0 Å². The third kappa shape index (κ3) is 5.52. The summed E-state index contributed by atoms with van der Waals surface area (Å²) >= 11 is 9.43. The zero-order valence-corrected chi connectivity index (χ0v) is 12.1. The fourth-order valence-electron chi connectivity index (χ4n) is 1.38. The number of carbonyl (C=O) groups excluding carboxylic acids is 1. The van der Waals surface area contributed by atoms with Gasteiger partial charge in [-0.05, 0) is 24.6 Å². The molecule has 5 heteroatoms. The number of nitrogens with one attached hydrogen (secondary N) is 2. The Morgan fingerprint density at radius 2 is 2.24 bits per heavy atom. The number of amides is 1. The van der Waals surface area contributed by atoms with Crippen LogP contribution in [0.3, 0.4) is 0 Å². The van der Waals surface area contributed by atoms with Crippen LogP contribution in [0.2, 0.25) is 5.02 Å². The van der Waals surface area contributed by atoms with Gasteiger partial charge in [0.05, 0.1) is 0 Å². The lowest BCUT2D eigenvalue weighted by Gasteiger charge is -2.07. The molecule has 0 unspecified atom stereocenters. The number of rotatable bonds is 6. The van der Waals surface area contributed by atoms with Crippen molar-refractivity contribution < 1.29 is 4.79 Å². The van der Waals surface area contributed by atoms with Crippen molar-refractivity contribution in [1.82, 2.24) is 10.6 Å². The van der Waals surface area contributed by atoms with E-state index in [9.17, 15) is 4.79 Å². The van der Waals surface area contributed by atoms with Crippen molar-refractivity contribution in [1.29, 1.82) is 0 Å². The lowest BCUT2D eigenvalue weighted by atomic mass is 10.2. The molecule has 0 spiro atoms. The Morgan fingerprint density at radius 1 is 1.47 bits per heavy atom. The summed E-state index contributed by atoms with van der Waals surface area (Å²) in [5.41, 5.74) is 1.03. The van der Waals surface area contributed by atoms with E-state index in [1.807, 2.05) is 25.1 Å². The molecule has 0 radical (unpaired) electrons. The zero-order chi connectivity index (χ0) is 12.7. The summed E-state index contributed by atoms with van der Waals surface area (Å²) in [5, 5.41) is 6.67. The predicted molar refractivity (Wildman–Crippen MR) is 74.2 cm³/mol. The van der Waals surface area contributed by atoms with Crippen molar-refractivity contribution >= 4 is 33.4 Å². The highest BCUT2D eigenvalue weighted by Crippen LogP contribution is 2.20. The molecule has 17 heavy (non-hydrogen) atoms. The lowest BCUT2D eigenvalue weighted by Crippen LogP contribution is -2.27. The molecule has 0 heterocycles. The van der Waals surface area contributed by atoms with Gasteiger partial charge in [0.2, 0.25) is 5.91 Å². The van der Waals surface area contributed by atoms with E-state index < -0.39 is 0 Å². The molecule has 0 fully saturated rings. The lowest BCUT2D eigenvalue weighted by molar-refractivity contribution is -0.120. The van der Waals surface area contributed by atoms with Gasteiger partial charge in [0.25, 0.3) is 0 Å². The summed E-state index contributed by atoms with van der Waals surface area (Å²) < 4.78 is 0.966. The Labute approximate surface area is 115 Å². The van der Waals surface area contributed by atoms with Crippen LogP contribution in [0.5, 0.6) is 0 Å². The first-order valence-corrected chi connectivity index (χ1v) is 6.72. The molecule has 0 bridgehead atoms. The number of halogens is 2. The topological polar surface area (TPSA) is 41.1 Å². The van der Waals surface area contributed by atoms with Gasteiger partial charge in [0.1, 0.15) is 0 Å². The van der Waals surface area contributed by atoms with Crippen molar-refractivity contribution in [2.45, 2.75) is 19.9 Å². The Morgan fingerprint density at radius 3 is 2.88 bits per heavy atom. The Balaban J connectivity index is 2.29. The van der Waals surface area contributed by atoms with Crippen molar-refractivity contribution in [3.05, 3.63) is 33.3 Å². The Hall–Kier alpha value is -0.580. The first kappa shape index (κ1) is 14.5. The molecule has 0 saturated carbocycles. The van der Waals surface area contributed by atoms with Gasteiger partial charge in [-0.15, -0.1) is 0 Å². The summed E-state index contributed by atoms with van der Waals surface area (Å²) in [6.45, 7) is 3.91. The highest BCUT2D eigenvalue weighted by molar-refractivity contribution is 9.10. The first-order valence-electron chi connectivity index (χ1n) is 5.54. The molecule has 0 aliphatic heterocycles. The highest BCUT2D eigenvalue weighted by Gasteiger charge is 2.02.